The molecule has 4 nitrogen and oxygen atoms in total. The zero-order chi connectivity index (χ0) is 15.5. The zero-order valence-corrected chi connectivity index (χ0v) is 14.4. The molecule has 0 bridgehead atoms. The average Bonchev–Trinajstić information content (AvgIpc) is 2.94. The first kappa shape index (κ1) is 16.2. The van der Waals surface area contributed by atoms with Crippen LogP contribution in [0.2, 0.25) is 0 Å². The lowest BCUT2D eigenvalue weighted by atomic mass is 10.0. The molecule has 0 spiro atoms. The molecule has 2 heterocycles. The molecule has 1 N–H and O–H groups in total. The molecule has 2 rings (SSSR count). The van der Waals surface area contributed by atoms with Crippen molar-refractivity contribution in [3.05, 3.63) is 16.8 Å². The normalized spacial score (nSPS) is 14.3. The molecule has 1 unspecified atom stereocenters. The van der Waals surface area contributed by atoms with E-state index < -0.39 is 5.60 Å². The Kier molecular flexibility index (Phi) is 5.17. The Hall–Kier alpha value is -1.20. The molecule has 116 valence electrons. The predicted molar refractivity (Wildman–Crippen MR) is 90.2 cm³/mol. The van der Waals surface area contributed by atoms with E-state index >= 15 is 0 Å². The zero-order valence-electron chi connectivity index (χ0n) is 13.6. The first-order valence-electron chi connectivity index (χ1n) is 7.67. The maximum Gasteiger partial charge on any atom is 0.163 e. The number of aryl methyl sites for hydroxylation is 1. The van der Waals surface area contributed by atoms with E-state index in [9.17, 15) is 0 Å². The SMILES string of the molecule is CCCNc1nc(C(C)(CC)OC)nc2sc(CC)cc12. The quantitative estimate of drug-likeness (QED) is 0.826. The number of hydrogen-bond acceptors (Lipinski definition) is 5. The van der Waals surface area contributed by atoms with Crippen LogP contribution >= 0.6 is 11.3 Å². The van der Waals surface area contributed by atoms with E-state index in [1.54, 1.807) is 18.4 Å². The molecule has 0 saturated heterocycles. The summed E-state index contributed by atoms with van der Waals surface area (Å²) in [5, 5.41) is 4.56. The average molecular weight is 307 g/mol. The molecule has 0 fully saturated rings. The lowest BCUT2D eigenvalue weighted by Gasteiger charge is -2.25. The van der Waals surface area contributed by atoms with E-state index in [-0.39, 0.29) is 0 Å². The second-order valence-electron chi connectivity index (χ2n) is 5.40. The molecular weight excluding hydrogens is 282 g/mol. The number of anilines is 1. The van der Waals surface area contributed by atoms with Gasteiger partial charge >= 0.3 is 0 Å². The van der Waals surface area contributed by atoms with Crippen molar-refractivity contribution in [1.82, 2.24) is 9.97 Å². The van der Waals surface area contributed by atoms with Gasteiger partial charge in [-0.15, -0.1) is 11.3 Å². The summed E-state index contributed by atoms with van der Waals surface area (Å²) >= 11 is 1.75. The molecule has 0 saturated carbocycles. The smallest absolute Gasteiger partial charge is 0.163 e. The number of nitrogens with one attached hydrogen (secondary N) is 1. The maximum atomic E-state index is 5.67. The van der Waals surface area contributed by atoms with Crippen LogP contribution in [0.25, 0.3) is 10.2 Å². The lowest BCUT2D eigenvalue weighted by Crippen LogP contribution is -2.26. The van der Waals surface area contributed by atoms with Crippen LogP contribution < -0.4 is 5.32 Å². The van der Waals surface area contributed by atoms with Crippen LogP contribution in [0.3, 0.4) is 0 Å². The minimum Gasteiger partial charge on any atom is -0.371 e. The fourth-order valence-corrected chi connectivity index (χ4v) is 3.12. The Morgan fingerprint density at radius 2 is 2.05 bits per heavy atom. The second-order valence-corrected chi connectivity index (χ2v) is 6.51. The van der Waals surface area contributed by atoms with Crippen molar-refractivity contribution in [1.29, 1.82) is 0 Å². The van der Waals surface area contributed by atoms with E-state index in [1.807, 2.05) is 6.92 Å². The molecule has 0 amide bonds. The van der Waals surface area contributed by atoms with Gasteiger partial charge in [-0.3, -0.25) is 0 Å². The third-order valence-corrected chi connectivity index (χ3v) is 5.11. The molecule has 0 aliphatic rings. The monoisotopic (exact) mass is 307 g/mol. The van der Waals surface area contributed by atoms with Crippen LogP contribution in [0, 0.1) is 0 Å². The molecule has 0 radical (unpaired) electrons. The second kappa shape index (κ2) is 6.71. The van der Waals surface area contributed by atoms with Gasteiger partial charge in [0.15, 0.2) is 5.82 Å². The third-order valence-electron chi connectivity index (χ3n) is 3.93. The van der Waals surface area contributed by atoms with Crippen molar-refractivity contribution in [3.8, 4) is 0 Å². The number of methoxy groups -OCH3 is 1. The Morgan fingerprint density at radius 1 is 1.29 bits per heavy atom. The van der Waals surface area contributed by atoms with E-state index in [0.29, 0.717) is 0 Å². The maximum absolute atomic E-state index is 5.67. The van der Waals surface area contributed by atoms with Gasteiger partial charge in [0, 0.05) is 18.5 Å². The van der Waals surface area contributed by atoms with Crippen LogP contribution in [-0.2, 0) is 16.8 Å². The highest BCUT2D eigenvalue weighted by molar-refractivity contribution is 7.18. The van der Waals surface area contributed by atoms with Crippen molar-refractivity contribution in [2.24, 2.45) is 0 Å². The van der Waals surface area contributed by atoms with E-state index in [4.69, 9.17) is 14.7 Å². The van der Waals surface area contributed by atoms with Crippen LogP contribution in [0.1, 0.15) is 51.2 Å². The molecule has 21 heavy (non-hydrogen) atoms. The van der Waals surface area contributed by atoms with Gasteiger partial charge in [0.2, 0.25) is 0 Å². The fourth-order valence-electron chi connectivity index (χ4n) is 2.15. The number of rotatable bonds is 7. The summed E-state index contributed by atoms with van der Waals surface area (Å²) in [4.78, 5) is 11.9. The first-order valence-corrected chi connectivity index (χ1v) is 8.49. The Labute approximate surface area is 131 Å². The largest absolute Gasteiger partial charge is 0.371 e. The topological polar surface area (TPSA) is 47.0 Å². The van der Waals surface area contributed by atoms with Crippen molar-refractivity contribution in [3.63, 3.8) is 0 Å². The van der Waals surface area contributed by atoms with Gasteiger partial charge in [0.1, 0.15) is 16.2 Å². The first-order chi connectivity index (χ1) is 10.1. The molecule has 0 aliphatic carbocycles. The summed E-state index contributed by atoms with van der Waals surface area (Å²) in [6.45, 7) is 9.39. The van der Waals surface area contributed by atoms with Gasteiger partial charge in [-0.1, -0.05) is 20.8 Å². The summed E-state index contributed by atoms with van der Waals surface area (Å²) in [6, 6.07) is 2.21. The van der Waals surface area contributed by atoms with Crippen molar-refractivity contribution in [2.45, 2.75) is 52.6 Å². The van der Waals surface area contributed by atoms with Crippen molar-refractivity contribution >= 4 is 27.4 Å². The standard InChI is InChI=1S/C16H25N3OS/c1-6-9-17-13-12-10-11(7-2)21-14(12)19-15(18-13)16(4,8-3)20-5/h10H,6-9H2,1-5H3,(H,17,18,19). The highest BCUT2D eigenvalue weighted by atomic mass is 32.1. The van der Waals surface area contributed by atoms with Gasteiger partial charge in [-0.05, 0) is 32.3 Å². The van der Waals surface area contributed by atoms with Gasteiger partial charge in [0.05, 0.1) is 5.39 Å². The van der Waals surface area contributed by atoms with E-state index in [0.717, 1.165) is 47.7 Å². The number of hydrogen-bond donors (Lipinski definition) is 1. The van der Waals surface area contributed by atoms with E-state index in [1.165, 1.54) is 4.88 Å². The van der Waals surface area contributed by atoms with Gasteiger partial charge < -0.3 is 10.1 Å². The van der Waals surface area contributed by atoms with Crippen molar-refractivity contribution < 1.29 is 4.74 Å². The number of nitrogens with zero attached hydrogens (tertiary/aromatic N) is 2. The fraction of sp³-hybridized carbons (Fsp3) is 0.625. The van der Waals surface area contributed by atoms with Gasteiger partial charge in [0.25, 0.3) is 0 Å². The molecule has 1 atom stereocenters. The minimum atomic E-state index is -0.437. The summed E-state index contributed by atoms with van der Waals surface area (Å²) < 4.78 is 5.67. The highest BCUT2D eigenvalue weighted by Crippen LogP contribution is 2.33. The summed E-state index contributed by atoms with van der Waals surface area (Å²) in [7, 11) is 1.72. The van der Waals surface area contributed by atoms with Crippen LogP contribution in [0.5, 0.6) is 0 Å². The molecule has 0 aromatic carbocycles. The third kappa shape index (κ3) is 3.19. The molecule has 2 aromatic heterocycles. The molecule has 0 aliphatic heterocycles. The van der Waals surface area contributed by atoms with Gasteiger partial charge in [-0.2, -0.15) is 0 Å². The number of ether oxygens (including phenoxy) is 1. The van der Waals surface area contributed by atoms with Crippen LogP contribution in [-0.4, -0.2) is 23.6 Å². The lowest BCUT2D eigenvalue weighted by molar-refractivity contribution is -0.00854. The van der Waals surface area contributed by atoms with Crippen molar-refractivity contribution in [2.75, 3.05) is 19.0 Å². The number of fused-ring (bicyclic) bond motifs is 1. The molecule has 5 heteroatoms. The highest BCUT2D eigenvalue weighted by Gasteiger charge is 2.29. The molecular formula is C16H25N3OS. The van der Waals surface area contributed by atoms with Crippen LogP contribution in [0.4, 0.5) is 5.82 Å². The Morgan fingerprint density at radius 3 is 2.62 bits per heavy atom. The predicted octanol–water partition coefficient (Wildman–Crippen LogP) is 4.35. The number of aromatic nitrogens is 2. The molecule has 2 aromatic rings. The van der Waals surface area contributed by atoms with Crippen LogP contribution in [0.15, 0.2) is 6.07 Å². The number of thiophene rings is 1. The summed E-state index contributed by atoms with van der Waals surface area (Å²) in [5.41, 5.74) is -0.437. The summed E-state index contributed by atoms with van der Waals surface area (Å²) in [6.07, 6.45) is 2.94. The van der Waals surface area contributed by atoms with Gasteiger partial charge in [-0.25, -0.2) is 9.97 Å². The van der Waals surface area contributed by atoms with E-state index in [2.05, 4.69) is 32.2 Å². The Bertz CT molecular complexity index is 605. The minimum absolute atomic E-state index is 0.437. The Balaban J connectivity index is 2.57. The summed E-state index contributed by atoms with van der Waals surface area (Å²) in [5.74, 6) is 1.70.